The summed E-state index contributed by atoms with van der Waals surface area (Å²) in [6, 6.07) is 2.25. The van der Waals surface area contributed by atoms with Gasteiger partial charge in [0.25, 0.3) is 5.91 Å². The molecule has 0 aromatic heterocycles. The van der Waals surface area contributed by atoms with Crippen LogP contribution in [0.25, 0.3) is 6.08 Å². The lowest BCUT2D eigenvalue weighted by molar-refractivity contribution is -0.145. The molecular formula is C35H46N6O9S. The van der Waals surface area contributed by atoms with E-state index in [1.807, 2.05) is 24.3 Å². The van der Waals surface area contributed by atoms with E-state index in [1.54, 1.807) is 31.7 Å². The number of nitrogens with one attached hydrogen (secondary N) is 3. The van der Waals surface area contributed by atoms with Gasteiger partial charge in [0.2, 0.25) is 27.7 Å². The number of hydrogen-bond donors (Lipinski definition) is 4. The van der Waals surface area contributed by atoms with Gasteiger partial charge in [0.05, 0.1) is 31.6 Å². The summed E-state index contributed by atoms with van der Waals surface area (Å²) in [5.41, 5.74) is 6.51. The number of sulfonamides is 1. The number of carbonyl (C=O) groups is 5. The second kappa shape index (κ2) is 13.7. The molecule has 6 atom stereocenters. The van der Waals surface area contributed by atoms with E-state index in [0.717, 1.165) is 16.7 Å². The molecule has 1 aromatic carbocycles. The van der Waals surface area contributed by atoms with Crippen molar-refractivity contribution in [3.63, 3.8) is 0 Å². The number of amides is 5. The van der Waals surface area contributed by atoms with Gasteiger partial charge < -0.3 is 30.7 Å². The predicted molar refractivity (Wildman–Crippen MR) is 185 cm³/mol. The Morgan fingerprint density at radius 1 is 1.16 bits per heavy atom. The summed E-state index contributed by atoms with van der Waals surface area (Å²) in [4.78, 5) is 71.6. The molecule has 276 valence electrons. The van der Waals surface area contributed by atoms with Crippen molar-refractivity contribution in [1.29, 1.82) is 0 Å². The standard InChI is InChI=1S/C35H46N6O9S/c1-5-22-15-35(22,32(45)39-51(47,48)24-11-12-24)38-30(43)27-14-23-17-41(27)31(44)28(34(2,3)4)37-29(42)26(36)19-49-13-7-10-20-8-6-9-21-16-40(18-25(20)21)33(46)50-23/h5-10,22-24,26-28H,1,11-19,36H2,2-4H3,(H,37,42)(H,38,43)(H,39,45)/b10-7+/t22-,23-,26+,27+,28-,35-/m1/s1. The Kier molecular flexibility index (Phi) is 9.80. The lowest BCUT2D eigenvalue weighted by Gasteiger charge is -2.36. The SMILES string of the molecule is C=C[C@@H]1C[C@]1(NC(=O)[C@@H]1C[C@@H]2CN1C(=O)[C@H](C(C)(C)C)NC(=O)[C@@H](N)COC/C=C/c1cccc3c1CN(C3)C(=O)O2)C(=O)NS(=O)(=O)C1CC1. The topological polar surface area (TPSA) is 207 Å². The molecule has 51 heavy (non-hydrogen) atoms. The van der Waals surface area contributed by atoms with Gasteiger partial charge in [-0.25, -0.2) is 13.2 Å². The lowest BCUT2D eigenvalue weighted by Crippen LogP contribution is -2.61. The van der Waals surface area contributed by atoms with Crippen LogP contribution in [0.3, 0.4) is 0 Å². The predicted octanol–water partition coefficient (Wildman–Crippen LogP) is 0.679. The third-order valence-electron chi connectivity index (χ3n) is 10.2. The van der Waals surface area contributed by atoms with E-state index in [0.29, 0.717) is 19.4 Å². The Morgan fingerprint density at radius 3 is 2.57 bits per heavy atom. The zero-order valence-electron chi connectivity index (χ0n) is 29.1. The molecule has 3 heterocycles. The highest BCUT2D eigenvalue weighted by molar-refractivity contribution is 7.91. The zero-order chi connectivity index (χ0) is 36.9. The van der Waals surface area contributed by atoms with Gasteiger partial charge in [-0.3, -0.25) is 28.8 Å². The molecule has 5 N–H and O–H groups in total. The quantitative estimate of drug-likeness (QED) is 0.302. The molecule has 2 saturated carbocycles. The maximum atomic E-state index is 14.4. The molecule has 16 heteroatoms. The van der Waals surface area contributed by atoms with Gasteiger partial charge in [-0.1, -0.05) is 57.2 Å². The van der Waals surface area contributed by atoms with Crippen LogP contribution in [0, 0.1) is 11.3 Å². The van der Waals surface area contributed by atoms with Gasteiger partial charge in [-0.05, 0) is 41.4 Å². The number of rotatable bonds is 6. The lowest BCUT2D eigenvalue weighted by atomic mass is 9.85. The van der Waals surface area contributed by atoms with Crippen LogP contribution in [0.4, 0.5) is 4.79 Å². The minimum Gasteiger partial charge on any atom is -0.444 e. The molecule has 3 aliphatic heterocycles. The summed E-state index contributed by atoms with van der Waals surface area (Å²) in [7, 11) is -3.92. The molecule has 3 fully saturated rings. The maximum Gasteiger partial charge on any atom is 0.410 e. The van der Waals surface area contributed by atoms with Crippen molar-refractivity contribution in [2.45, 2.75) is 94.6 Å². The zero-order valence-corrected chi connectivity index (χ0v) is 29.9. The van der Waals surface area contributed by atoms with Gasteiger partial charge in [-0.2, -0.15) is 0 Å². The Bertz CT molecular complexity index is 1770. The normalized spacial score (nSPS) is 30.7. The Balaban J connectivity index is 1.29. The fraction of sp³-hybridized carbons (Fsp3) is 0.571. The molecule has 0 spiro atoms. The fourth-order valence-electron chi connectivity index (χ4n) is 6.92. The first kappa shape index (κ1) is 36.5. The van der Waals surface area contributed by atoms with Crippen LogP contribution in [0.1, 0.15) is 63.1 Å². The summed E-state index contributed by atoms with van der Waals surface area (Å²) in [5, 5.41) is 4.81. The van der Waals surface area contributed by atoms with E-state index in [2.05, 4.69) is 21.9 Å². The van der Waals surface area contributed by atoms with Gasteiger partial charge in [0.15, 0.2) is 0 Å². The first-order valence-electron chi connectivity index (χ1n) is 17.2. The summed E-state index contributed by atoms with van der Waals surface area (Å²) >= 11 is 0. The number of nitrogens with two attached hydrogens (primary N) is 1. The maximum absolute atomic E-state index is 14.4. The molecular weight excluding hydrogens is 680 g/mol. The number of fused-ring (bicyclic) bond motifs is 3. The summed E-state index contributed by atoms with van der Waals surface area (Å²) < 4.78 is 39.0. The average Bonchev–Trinajstić information content (AvgIpc) is 3.96. The number of benzene rings is 1. The first-order chi connectivity index (χ1) is 24.0. The van der Waals surface area contributed by atoms with Gasteiger partial charge in [0.1, 0.15) is 29.8 Å². The first-order valence-corrected chi connectivity index (χ1v) is 18.8. The third kappa shape index (κ3) is 7.53. The van der Waals surface area contributed by atoms with Crippen LogP contribution in [-0.2, 0) is 51.8 Å². The number of nitrogens with zero attached hydrogens (tertiary/aromatic N) is 2. The van der Waals surface area contributed by atoms with E-state index in [4.69, 9.17) is 15.2 Å². The van der Waals surface area contributed by atoms with E-state index < -0.39 is 86.1 Å². The minimum absolute atomic E-state index is 0.104. The number of hydrogen-bond acceptors (Lipinski definition) is 10. The molecule has 5 amide bonds. The van der Waals surface area contributed by atoms with Crippen LogP contribution in [0.15, 0.2) is 36.9 Å². The smallest absolute Gasteiger partial charge is 0.410 e. The molecule has 1 saturated heterocycles. The van der Waals surface area contributed by atoms with Crippen LogP contribution >= 0.6 is 0 Å². The summed E-state index contributed by atoms with van der Waals surface area (Å²) in [6.07, 6.45) is 4.50. The van der Waals surface area contributed by atoms with Crippen LogP contribution in [0.2, 0.25) is 0 Å². The third-order valence-corrected chi connectivity index (χ3v) is 12.0. The van der Waals surface area contributed by atoms with Crippen molar-refractivity contribution >= 4 is 45.8 Å². The molecule has 0 radical (unpaired) electrons. The molecule has 5 aliphatic rings. The summed E-state index contributed by atoms with van der Waals surface area (Å²) in [5.74, 6) is -3.41. The minimum atomic E-state index is -3.92. The van der Waals surface area contributed by atoms with E-state index >= 15 is 0 Å². The number of carbonyl (C=O) groups excluding carboxylic acids is 5. The molecule has 1 aromatic rings. The van der Waals surface area contributed by atoms with E-state index in [1.165, 1.54) is 11.0 Å². The Morgan fingerprint density at radius 2 is 1.90 bits per heavy atom. The Labute approximate surface area is 297 Å². The highest BCUT2D eigenvalue weighted by atomic mass is 32.2. The molecule has 4 bridgehead atoms. The molecule has 15 nitrogen and oxygen atoms in total. The fourth-order valence-corrected chi connectivity index (χ4v) is 8.29. The summed E-state index contributed by atoms with van der Waals surface area (Å²) in [6.45, 7) is 9.46. The van der Waals surface area contributed by atoms with E-state index in [-0.39, 0.29) is 39.1 Å². The molecule has 6 rings (SSSR count). The highest BCUT2D eigenvalue weighted by Crippen LogP contribution is 2.45. The molecule has 0 unspecified atom stereocenters. The van der Waals surface area contributed by atoms with Crippen molar-refractivity contribution in [3.05, 3.63) is 53.6 Å². The molecule has 2 aliphatic carbocycles. The van der Waals surface area contributed by atoms with Crippen LogP contribution in [0.5, 0.6) is 0 Å². The monoisotopic (exact) mass is 726 g/mol. The van der Waals surface area contributed by atoms with E-state index in [9.17, 15) is 32.4 Å². The van der Waals surface area contributed by atoms with Gasteiger partial charge >= 0.3 is 6.09 Å². The number of ether oxygens (including phenoxy) is 2. The Hall–Kier alpha value is -4.28. The van der Waals surface area contributed by atoms with Gasteiger partial charge in [0, 0.05) is 18.9 Å². The largest absolute Gasteiger partial charge is 0.444 e. The van der Waals surface area contributed by atoms with Gasteiger partial charge in [-0.15, -0.1) is 6.58 Å². The van der Waals surface area contributed by atoms with Crippen molar-refractivity contribution in [3.8, 4) is 0 Å². The van der Waals surface area contributed by atoms with Crippen molar-refractivity contribution in [2.75, 3.05) is 19.8 Å². The van der Waals surface area contributed by atoms with Crippen molar-refractivity contribution in [1.82, 2.24) is 25.2 Å². The highest BCUT2D eigenvalue weighted by Gasteiger charge is 2.62. The van der Waals surface area contributed by atoms with Crippen molar-refractivity contribution < 1.29 is 41.9 Å². The second-order valence-corrected chi connectivity index (χ2v) is 17.1. The second-order valence-electron chi connectivity index (χ2n) is 15.1. The average molecular weight is 727 g/mol. The van der Waals surface area contributed by atoms with Crippen LogP contribution < -0.4 is 21.1 Å². The van der Waals surface area contributed by atoms with Crippen molar-refractivity contribution in [2.24, 2.45) is 17.1 Å². The van der Waals surface area contributed by atoms with Crippen LogP contribution in [-0.4, -0.2) is 103 Å².